The highest BCUT2D eigenvalue weighted by atomic mass is 15.6. The highest BCUT2D eigenvalue weighted by Crippen LogP contribution is 2.16. The number of nitrogens with zero attached hydrogens (tertiary/aromatic N) is 3. The van der Waals surface area contributed by atoms with Gasteiger partial charge in [-0.1, -0.05) is 51.2 Å². The monoisotopic (exact) mass is 211 g/mol. The van der Waals surface area contributed by atoms with Crippen LogP contribution in [0.1, 0.15) is 58.8 Å². The lowest BCUT2D eigenvalue weighted by Crippen LogP contribution is -2.29. The van der Waals surface area contributed by atoms with Crippen molar-refractivity contribution >= 4 is 0 Å². The van der Waals surface area contributed by atoms with Crippen molar-refractivity contribution in [3.63, 3.8) is 0 Å². The summed E-state index contributed by atoms with van der Waals surface area (Å²) in [5.74, 6) is 0. The Bertz CT molecular complexity index is 180. The van der Waals surface area contributed by atoms with E-state index in [1.165, 1.54) is 44.9 Å². The molecule has 1 atom stereocenters. The van der Waals surface area contributed by atoms with E-state index in [0.717, 1.165) is 13.1 Å². The molecule has 0 saturated heterocycles. The number of rotatable bonds is 8. The quantitative estimate of drug-likeness (QED) is 0.561. The molecule has 1 aliphatic heterocycles. The zero-order valence-electron chi connectivity index (χ0n) is 10.3. The molecule has 3 nitrogen and oxygen atoms in total. The Morgan fingerprint density at radius 2 is 1.87 bits per heavy atom. The molecule has 88 valence electrons. The highest BCUT2D eigenvalue weighted by molar-refractivity contribution is 4.74. The molecule has 1 heterocycles. The van der Waals surface area contributed by atoms with Gasteiger partial charge in [0.2, 0.25) is 0 Å². The van der Waals surface area contributed by atoms with Crippen LogP contribution in [-0.2, 0) is 0 Å². The van der Waals surface area contributed by atoms with Crippen molar-refractivity contribution < 1.29 is 0 Å². The fourth-order valence-corrected chi connectivity index (χ4v) is 2.06. The Morgan fingerprint density at radius 1 is 1.07 bits per heavy atom. The second-order valence-corrected chi connectivity index (χ2v) is 4.43. The largest absolute Gasteiger partial charge is 0.274 e. The van der Waals surface area contributed by atoms with E-state index in [1.54, 1.807) is 0 Å². The van der Waals surface area contributed by atoms with Gasteiger partial charge in [-0.15, -0.1) is 0 Å². The molecule has 0 bridgehead atoms. The Labute approximate surface area is 93.9 Å². The van der Waals surface area contributed by atoms with Gasteiger partial charge in [0.15, 0.2) is 0 Å². The van der Waals surface area contributed by atoms with Crippen LogP contribution in [0.15, 0.2) is 10.3 Å². The van der Waals surface area contributed by atoms with Gasteiger partial charge in [-0.3, -0.25) is 5.01 Å². The summed E-state index contributed by atoms with van der Waals surface area (Å²) in [5.41, 5.74) is 0. The van der Waals surface area contributed by atoms with Crippen molar-refractivity contribution in [2.45, 2.75) is 64.8 Å². The molecule has 0 aromatic heterocycles. The van der Waals surface area contributed by atoms with Gasteiger partial charge in [-0.25, -0.2) is 0 Å². The molecular formula is C12H25N3. The lowest BCUT2D eigenvalue weighted by atomic mass is 10.1. The third-order valence-electron chi connectivity index (χ3n) is 3.00. The zero-order chi connectivity index (χ0) is 10.9. The van der Waals surface area contributed by atoms with Gasteiger partial charge < -0.3 is 0 Å². The SMILES string of the molecule is CCCCCCCN1N=NCC1CCC. The van der Waals surface area contributed by atoms with Crippen LogP contribution in [0.5, 0.6) is 0 Å². The smallest absolute Gasteiger partial charge is 0.0841 e. The lowest BCUT2D eigenvalue weighted by molar-refractivity contribution is 0.221. The van der Waals surface area contributed by atoms with Crippen molar-refractivity contribution in [3.05, 3.63) is 0 Å². The van der Waals surface area contributed by atoms with E-state index in [1.807, 2.05) is 0 Å². The van der Waals surface area contributed by atoms with E-state index in [2.05, 4.69) is 29.2 Å². The maximum absolute atomic E-state index is 4.21. The first-order valence-corrected chi connectivity index (χ1v) is 6.52. The van der Waals surface area contributed by atoms with E-state index in [4.69, 9.17) is 0 Å². The van der Waals surface area contributed by atoms with E-state index in [9.17, 15) is 0 Å². The molecular weight excluding hydrogens is 186 g/mol. The minimum atomic E-state index is 0.598. The number of hydrogen-bond acceptors (Lipinski definition) is 3. The Balaban J connectivity index is 2.06. The molecule has 1 unspecified atom stereocenters. The van der Waals surface area contributed by atoms with Gasteiger partial charge in [0.25, 0.3) is 0 Å². The number of hydrogen-bond donors (Lipinski definition) is 0. The molecule has 0 aliphatic carbocycles. The second-order valence-electron chi connectivity index (χ2n) is 4.43. The average molecular weight is 211 g/mol. The van der Waals surface area contributed by atoms with Crippen LogP contribution in [-0.4, -0.2) is 24.1 Å². The fourth-order valence-electron chi connectivity index (χ4n) is 2.06. The molecule has 0 spiro atoms. The predicted molar refractivity (Wildman–Crippen MR) is 63.9 cm³/mol. The highest BCUT2D eigenvalue weighted by Gasteiger charge is 2.20. The first-order chi connectivity index (χ1) is 7.38. The molecule has 0 fully saturated rings. The molecule has 0 aromatic carbocycles. The van der Waals surface area contributed by atoms with Crippen molar-refractivity contribution in [3.8, 4) is 0 Å². The van der Waals surface area contributed by atoms with Crippen LogP contribution >= 0.6 is 0 Å². The Hall–Kier alpha value is -0.600. The predicted octanol–water partition coefficient (Wildman–Crippen LogP) is 3.81. The van der Waals surface area contributed by atoms with Crippen LogP contribution in [0.2, 0.25) is 0 Å². The average Bonchev–Trinajstić information content (AvgIpc) is 2.66. The molecule has 1 rings (SSSR count). The standard InChI is InChI=1S/C12H25N3/c1-3-5-6-7-8-10-15-12(9-4-2)11-13-14-15/h12H,3-11H2,1-2H3. The van der Waals surface area contributed by atoms with Crippen LogP contribution < -0.4 is 0 Å². The fraction of sp³-hybridized carbons (Fsp3) is 1.00. The van der Waals surface area contributed by atoms with Crippen molar-refractivity contribution in [1.29, 1.82) is 0 Å². The lowest BCUT2D eigenvalue weighted by Gasteiger charge is -2.20. The third-order valence-corrected chi connectivity index (χ3v) is 3.00. The second kappa shape index (κ2) is 7.66. The topological polar surface area (TPSA) is 28.0 Å². The van der Waals surface area contributed by atoms with Crippen molar-refractivity contribution in [1.82, 2.24) is 5.01 Å². The van der Waals surface area contributed by atoms with Crippen LogP contribution in [0.4, 0.5) is 0 Å². The summed E-state index contributed by atoms with van der Waals surface area (Å²) in [5, 5.41) is 10.5. The van der Waals surface area contributed by atoms with Gasteiger partial charge in [-0.05, 0) is 12.8 Å². The van der Waals surface area contributed by atoms with Crippen LogP contribution in [0.25, 0.3) is 0 Å². The molecule has 0 saturated carbocycles. The summed E-state index contributed by atoms with van der Waals surface area (Å²) in [4.78, 5) is 0. The minimum absolute atomic E-state index is 0.598. The van der Waals surface area contributed by atoms with Gasteiger partial charge in [0, 0.05) is 6.54 Å². The summed E-state index contributed by atoms with van der Waals surface area (Å²) in [7, 11) is 0. The molecule has 15 heavy (non-hydrogen) atoms. The summed E-state index contributed by atoms with van der Waals surface area (Å²) in [6.45, 7) is 6.52. The first kappa shape index (κ1) is 12.5. The summed E-state index contributed by atoms with van der Waals surface area (Å²) >= 11 is 0. The van der Waals surface area contributed by atoms with E-state index < -0.39 is 0 Å². The van der Waals surface area contributed by atoms with Crippen molar-refractivity contribution in [2.75, 3.05) is 13.1 Å². The van der Waals surface area contributed by atoms with Gasteiger partial charge in [-0.2, -0.15) is 5.11 Å². The maximum Gasteiger partial charge on any atom is 0.0841 e. The van der Waals surface area contributed by atoms with E-state index in [-0.39, 0.29) is 0 Å². The summed E-state index contributed by atoms with van der Waals surface area (Å²) in [6.07, 6.45) is 9.17. The van der Waals surface area contributed by atoms with Gasteiger partial charge in [0.1, 0.15) is 0 Å². The third kappa shape index (κ3) is 4.63. The maximum atomic E-state index is 4.21. The van der Waals surface area contributed by atoms with E-state index in [0.29, 0.717) is 6.04 Å². The molecule has 0 radical (unpaired) electrons. The molecule has 0 amide bonds. The van der Waals surface area contributed by atoms with Crippen molar-refractivity contribution in [2.24, 2.45) is 10.3 Å². The van der Waals surface area contributed by atoms with Gasteiger partial charge in [0.05, 0.1) is 12.6 Å². The summed E-state index contributed by atoms with van der Waals surface area (Å²) < 4.78 is 0. The normalized spacial score (nSPS) is 20.1. The summed E-state index contributed by atoms with van der Waals surface area (Å²) in [6, 6.07) is 0.598. The van der Waals surface area contributed by atoms with Crippen LogP contribution in [0, 0.1) is 0 Å². The molecule has 1 aliphatic rings. The molecule has 3 heteroatoms. The van der Waals surface area contributed by atoms with E-state index >= 15 is 0 Å². The van der Waals surface area contributed by atoms with Gasteiger partial charge >= 0.3 is 0 Å². The zero-order valence-corrected chi connectivity index (χ0v) is 10.3. The Kier molecular flexibility index (Phi) is 6.37. The minimum Gasteiger partial charge on any atom is -0.274 e. The van der Waals surface area contributed by atoms with Crippen LogP contribution in [0.3, 0.4) is 0 Å². The molecule has 0 aromatic rings. The first-order valence-electron chi connectivity index (χ1n) is 6.52. The number of unbranched alkanes of at least 4 members (excludes halogenated alkanes) is 4. The Morgan fingerprint density at radius 3 is 2.60 bits per heavy atom. The molecule has 0 N–H and O–H groups in total.